The first-order chi connectivity index (χ1) is 17.9. The maximum absolute atomic E-state index is 15.1. The maximum atomic E-state index is 15.1. The van der Waals surface area contributed by atoms with Gasteiger partial charge in [0.05, 0.1) is 11.7 Å². The van der Waals surface area contributed by atoms with Crippen molar-refractivity contribution in [1.82, 2.24) is 0 Å². The first kappa shape index (κ1) is 26.5. The van der Waals surface area contributed by atoms with Gasteiger partial charge in [0, 0.05) is 18.2 Å². The van der Waals surface area contributed by atoms with Crippen LogP contribution in [0, 0.1) is 17.5 Å². The zero-order valence-corrected chi connectivity index (χ0v) is 20.6. The second kappa shape index (κ2) is 12.1. The molecular formula is C30H29F3O4. The molecule has 1 saturated carbocycles. The van der Waals surface area contributed by atoms with Crippen LogP contribution in [0.4, 0.5) is 13.2 Å². The predicted molar refractivity (Wildman–Crippen MR) is 135 cm³/mol. The van der Waals surface area contributed by atoms with Crippen LogP contribution in [0.25, 0.3) is 11.1 Å². The molecule has 0 N–H and O–H groups in total. The van der Waals surface area contributed by atoms with Gasteiger partial charge in [-0.3, -0.25) is 0 Å². The Morgan fingerprint density at radius 3 is 2.35 bits per heavy atom. The Labute approximate surface area is 214 Å². The van der Waals surface area contributed by atoms with E-state index in [-0.39, 0.29) is 41.3 Å². The Bertz CT molecular complexity index is 1250. The zero-order valence-electron chi connectivity index (χ0n) is 20.6. The van der Waals surface area contributed by atoms with E-state index < -0.39 is 23.4 Å². The molecule has 1 fully saturated rings. The van der Waals surface area contributed by atoms with E-state index in [4.69, 9.17) is 14.2 Å². The molecule has 3 aromatic carbocycles. The number of halogens is 3. The summed E-state index contributed by atoms with van der Waals surface area (Å²) in [6.07, 6.45) is 4.85. The van der Waals surface area contributed by atoms with E-state index in [0.717, 1.165) is 31.7 Å². The third-order valence-corrected chi connectivity index (χ3v) is 6.53. The molecule has 0 spiro atoms. The summed E-state index contributed by atoms with van der Waals surface area (Å²) in [4.78, 5) is 12.5. The molecule has 0 amide bonds. The Morgan fingerprint density at radius 1 is 0.973 bits per heavy atom. The normalized spacial score (nSPS) is 17.3. The predicted octanol–water partition coefficient (Wildman–Crippen LogP) is 7.62. The number of ether oxygens (including phenoxy) is 3. The van der Waals surface area contributed by atoms with Crippen LogP contribution in [0.15, 0.2) is 67.3 Å². The minimum Gasteiger partial charge on any atom is -0.486 e. The average Bonchev–Trinajstić information content (AvgIpc) is 2.91. The van der Waals surface area contributed by atoms with Crippen molar-refractivity contribution >= 4 is 5.97 Å². The molecule has 0 saturated heterocycles. The lowest BCUT2D eigenvalue weighted by molar-refractivity contribution is 0.0325. The van der Waals surface area contributed by atoms with Gasteiger partial charge in [0.2, 0.25) is 0 Å². The number of benzene rings is 3. The Morgan fingerprint density at radius 2 is 1.70 bits per heavy atom. The fraction of sp³-hybridized carbons (Fsp3) is 0.300. The molecule has 1 aliphatic rings. The van der Waals surface area contributed by atoms with Gasteiger partial charge in [-0.25, -0.2) is 18.0 Å². The fourth-order valence-electron chi connectivity index (χ4n) is 4.64. The number of esters is 1. The Hall–Kier alpha value is -3.58. The van der Waals surface area contributed by atoms with Gasteiger partial charge < -0.3 is 14.2 Å². The smallest absolute Gasteiger partial charge is 0.343 e. The molecule has 7 heteroatoms. The van der Waals surface area contributed by atoms with Gasteiger partial charge in [-0.2, -0.15) is 0 Å². The van der Waals surface area contributed by atoms with E-state index in [1.807, 2.05) is 6.92 Å². The summed E-state index contributed by atoms with van der Waals surface area (Å²) in [6.45, 7) is 6.25. The molecule has 0 atom stereocenters. The standard InChI is InChI=1S/C30H29F3O4/c1-3-17-36-27-16-13-23(18-26(27)31)37-30(34)21-7-5-19(6-8-21)24-14-15-25(29(33)28(24)32)20-9-11-22(12-10-20)35-4-2/h3,5-8,13-16,18,20,22H,1,4,9-12,17H2,2H3. The van der Waals surface area contributed by atoms with Crippen molar-refractivity contribution in [3.05, 3.63) is 95.8 Å². The van der Waals surface area contributed by atoms with Gasteiger partial charge in [-0.1, -0.05) is 36.9 Å². The topological polar surface area (TPSA) is 44.8 Å². The highest BCUT2D eigenvalue weighted by atomic mass is 19.2. The molecule has 194 valence electrons. The second-order valence-corrected chi connectivity index (χ2v) is 8.92. The first-order valence-electron chi connectivity index (χ1n) is 12.4. The van der Waals surface area contributed by atoms with Crippen LogP contribution in [-0.4, -0.2) is 25.3 Å². The maximum Gasteiger partial charge on any atom is 0.343 e. The van der Waals surface area contributed by atoms with Crippen molar-refractivity contribution in [2.24, 2.45) is 0 Å². The molecule has 1 aliphatic carbocycles. The molecule has 0 bridgehead atoms. The third kappa shape index (κ3) is 6.23. The van der Waals surface area contributed by atoms with E-state index in [1.54, 1.807) is 12.1 Å². The quantitative estimate of drug-likeness (QED) is 0.169. The van der Waals surface area contributed by atoms with Gasteiger partial charge in [-0.05, 0) is 73.9 Å². The highest BCUT2D eigenvalue weighted by Crippen LogP contribution is 2.38. The van der Waals surface area contributed by atoms with Crippen molar-refractivity contribution in [2.75, 3.05) is 13.2 Å². The van der Waals surface area contributed by atoms with Crippen LogP contribution >= 0.6 is 0 Å². The number of hydrogen-bond acceptors (Lipinski definition) is 4. The van der Waals surface area contributed by atoms with Crippen molar-refractivity contribution < 1.29 is 32.2 Å². The SMILES string of the molecule is C=CCOc1ccc(OC(=O)c2ccc(-c3ccc(C4CCC(OCC)CC4)c(F)c3F)cc2)cc1F. The van der Waals surface area contributed by atoms with Crippen molar-refractivity contribution in [3.63, 3.8) is 0 Å². The van der Waals surface area contributed by atoms with E-state index in [1.165, 1.54) is 42.5 Å². The number of carbonyl (C=O) groups is 1. The summed E-state index contributed by atoms with van der Waals surface area (Å²) < 4.78 is 60.3. The van der Waals surface area contributed by atoms with E-state index in [9.17, 15) is 9.18 Å². The first-order valence-corrected chi connectivity index (χ1v) is 12.4. The van der Waals surface area contributed by atoms with Gasteiger partial charge in [0.1, 0.15) is 12.4 Å². The lowest BCUT2D eigenvalue weighted by atomic mass is 9.82. The largest absolute Gasteiger partial charge is 0.486 e. The van der Waals surface area contributed by atoms with Crippen LogP contribution in [0.1, 0.15) is 54.4 Å². The monoisotopic (exact) mass is 510 g/mol. The molecule has 3 aromatic rings. The molecule has 0 unspecified atom stereocenters. The molecule has 0 heterocycles. The third-order valence-electron chi connectivity index (χ3n) is 6.53. The van der Waals surface area contributed by atoms with Crippen LogP contribution < -0.4 is 9.47 Å². The van der Waals surface area contributed by atoms with Crippen LogP contribution in [0.5, 0.6) is 11.5 Å². The van der Waals surface area contributed by atoms with Crippen LogP contribution in [0.3, 0.4) is 0 Å². The van der Waals surface area contributed by atoms with E-state index >= 15 is 8.78 Å². The van der Waals surface area contributed by atoms with E-state index in [2.05, 4.69) is 6.58 Å². The summed E-state index contributed by atoms with van der Waals surface area (Å²) in [7, 11) is 0. The van der Waals surface area contributed by atoms with Crippen LogP contribution in [-0.2, 0) is 4.74 Å². The second-order valence-electron chi connectivity index (χ2n) is 8.92. The van der Waals surface area contributed by atoms with Gasteiger partial charge in [0.25, 0.3) is 0 Å². The lowest BCUT2D eigenvalue weighted by Gasteiger charge is -2.29. The van der Waals surface area contributed by atoms with Gasteiger partial charge in [-0.15, -0.1) is 0 Å². The lowest BCUT2D eigenvalue weighted by Crippen LogP contribution is -2.21. The minimum absolute atomic E-state index is 0.0107. The minimum atomic E-state index is -0.908. The van der Waals surface area contributed by atoms with Gasteiger partial charge in [0.15, 0.2) is 23.2 Å². The highest BCUT2D eigenvalue weighted by molar-refractivity contribution is 5.91. The van der Waals surface area contributed by atoms with Crippen molar-refractivity contribution in [1.29, 1.82) is 0 Å². The molecule has 37 heavy (non-hydrogen) atoms. The average molecular weight is 511 g/mol. The van der Waals surface area contributed by atoms with E-state index in [0.29, 0.717) is 17.7 Å². The van der Waals surface area contributed by atoms with Crippen LogP contribution in [0.2, 0.25) is 0 Å². The number of hydrogen-bond donors (Lipinski definition) is 0. The summed E-state index contributed by atoms with van der Waals surface area (Å²) in [5.41, 5.74) is 1.11. The van der Waals surface area contributed by atoms with Crippen molar-refractivity contribution in [2.45, 2.75) is 44.6 Å². The summed E-state index contributed by atoms with van der Waals surface area (Å²) in [5.74, 6) is -3.14. The van der Waals surface area contributed by atoms with Crippen molar-refractivity contribution in [3.8, 4) is 22.6 Å². The fourth-order valence-corrected chi connectivity index (χ4v) is 4.64. The summed E-state index contributed by atoms with van der Waals surface area (Å²) in [6, 6.07) is 13.0. The number of rotatable bonds is 9. The molecule has 0 aromatic heterocycles. The number of carbonyl (C=O) groups excluding carboxylic acids is 1. The van der Waals surface area contributed by atoms with Gasteiger partial charge >= 0.3 is 5.97 Å². The molecular weight excluding hydrogens is 481 g/mol. The molecule has 0 aliphatic heterocycles. The summed E-state index contributed by atoms with van der Waals surface area (Å²) >= 11 is 0. The highest BCUT2D eigenvalue weighted by Gasteiger charge is 2.27. The summed E-state index contributed by atoms with van der Waals surface area (Å²) in [5, 5.41) is 0. The Balaban J connectivity index is 1.44. The molecule has 4 rings (SSSR count). The molecule has 4 nitrogen and oxygen atoms in total. The molecule has 0 radical (unpaired) electrons. The Kier molecular flexibility index (Phi) is 8.66. The zero-order chi connectivity index (χ0) is 26.4.